The topological polar surface area (TPSA) is 49.3 Å². The number of carbonyl (C=O) groups excluding carboxylic acids is 1. The van der Waals surface area contributed by atoms with Gasteiger partial charge in [0, 0.05) is 0 Å². The number of carbonyl (C=O) groups is 1. The van der Waals surface area contributed by atoms with Crippen molar-refractivity contribution in [3.8, 4) is 5.75 Å². The average molecular weight is 316 g/mol. The van der Waals surface area contributed by atoms with Crippen LogP contribution < -0.4 is 5.32 Å². The van der Waals surface area contributed by atoms with Crippen LogP contribution in [-0.4, -0.2) is 11.0 Å². The van der Waals surface area contributed by atoms with Crippen LogP contribution in [0.5, 0.6) is 5.75 Å². The van der Waals surface area contributed by atoms with Crippen LogP contribution in [0.25, 0.3) is 0 Å². The summed E-state index contributed by atoms with van der Waals surface area (Å²) < 4.78 is 38.7. The summed E-state index contributed by atoms with van der Waals surface area (Å²) in [4.78, 5) is 12.0. The maximum atomic E-state index is 12.9. The van der Waals surface area contributed by atoms with Gasteiger partial charge in [0.05, 0.1) is 21.8 Å². The van der Waals surface area contributed by atoms with Crippen LogP contribution in [-0.2, 0) is 6.18 Å². The van der Waals surface area contributed by atoms with Gasteiger partial charge in [-0.15, -0.1) is 0 Å². The number of amides is 1. The first-order valence-corrected chi connectivity index (χ1v) is 6.13. The lowest BCUT2D eigenvalue weighted by molar-refractivity contribution is -0.136. The highest BCUT2D eigenvalue weighted by Crippen LogP contribution is 2.38. The first-order valence-electron chi connectivity index (χ1n) is 5.76. The van der Waals surface area contributed by atoms with Crippen molar-refractivity contribution < 1.29 is 23.1 Å². The Bertz CT molecular complexity index is 686. The lowest BCUT2D eigenvalue weighted by atomic mass is 10.1. The van der Waals surface area contributed by atoms with Gasteiger partial charge in [0.15, 0.2) is 0 Å². The van der Waals surface area contributed by atoms with Crippen molar-refractivity contribution in [1.29, 1.82) is 0 Å². The molecule has 0 saturated carbocycles. The van der Waals surface area contributed by atoms with E-state index in [0.717, 1.165) is 12.1 Å². The van der Waals surface area contributed by atoms with Crippen LogP contribution in [0.4, 0.5) is 18.9 Å². The number of alkyl halides is 3. The molecule has 21 heavy (non-hydrogen) atoms. The maximum absolute atomic E-state index is 12.9. The minimum absolute atomic E-state index is 0.148. The molecule has 7 heteroatoms. The van der Waals surface area contributed by atoms with Crippen molar-refractivity contribution in [3.63, 3.8) is 0 Å². The molecule has 0 unspecified atom stereocenters. The molecule has 0 aromatic heterocycles. The fraction of sp³-hybridized carbons (Fsp3) is 0.0714. The summed E-state index contributed by atoms with van der Waals surface area (Å²) in [6, 6.07) is 8.69. The molecule has 0 fully saturated rings. The number of halogens is 4. The summed E-state index contributed by atoms with van der Waals surface area (Å²) in [6.07, 6.45) is -4.66. The molecular weight excluding hydrogens is 307 g/mol. The van der Waals surface area contributed by atoms with Gasteiger partial charge in [0.25, 0.3) is 5.91 Å². The van der Waals surface area contributed by atoms with Crippen molar-refractivity contribution >= 4 is 23.2 Å². The highest BCUT2D eigenvalue weighted by atomic mass is 35.5. The van der Waals surface area contributed by atoms with E-state index in [1.807, 2.05) is 0 Å². The smallest absolute Gasteiger partial charge is 0.418 e. The van der Waals surface area contributed by atoms with Crippen molar-refractivity contribution in [2.24, 2.45) is 0 Å². The number of rotatable bonds is 2. The number of para-hydroxylation sites is 2. The SMILES string of the molecule is O=C(Nc1c(Cl)cccc1C(F)(F)F)c1ccccc1O. The molecule has 1 amide bonds. The number of phenolic OH excluding ortho intramolecular Hbond substituents is 1. The predicted octanol–water partition coefficient (Wildman–Crippen LogP) is 4.32. The second kappa shape index (κ2) is 5.65. The zero-order chi connectivity index (χ0) is 15.6. The molecule has 0 spiro atoms. The summed E-state index contributed by atoms with van der Waals surface area (Å²) in [7, 11) is 0. The van der Waals surface area contributed by atoms with Crippen LogP contribution in [0, 0.1) is 0 Å². The monoisotopic (exact) mass is 315 g/mol. The van der Waals surface area contributed by atoms with Gasteiger partial charge in [0.2, 0.25) is 0 Å². The number of nitrogens with one attached hydrogen (secondary N) is 1. The second-order valence-corrected chi connectivity index (χ2v) is 4.54. The Labute approximate surface area is 123 Å². The predicted molar refractivity (Wildman–Crippen MR) is 72.5 cm³/mol. The highest BCUT2D eigenvalue weighted by Gasteiger charge is 2.35. The normalized spacial score (nSPS) is 11.2. The Morgan fingerprint density at radius 1 is 1.10 bits per heavy atom. The number of phenols is 1. The Kier molecular flexibility index (Phi) is 4.09. The third-order valence-corrected chi connectivity index (χ3v) is 3.02. The van der Waals surface area contributed by atoms with E-state index in [-0.39, 0.29) is 16.3 Å². The number of anilines is 1. The molecule has 0 saturated heterocycles. The first-order chi connectivity index (χ1) is 9.80. The van der Waals surface area contributed by atoms with Crippen LogP contribution >= 0.6 is 11.6 Å². The second-order valence-electron chi connectivity index (χ2n) is 4.13. The lowest BCUT2D eigenvalue weighted by Crippen LogP contribution is -2.17. The molecule has 0 aliphatic rings. The third kappa shape index (κ3) is 3.28. The molecule has 2 rings (SSSR count). The Morgan fingerprint density at radius 3 is 2.38 bits per heavy atom. The molecule has 0 bridgehead atoms. The van der Waals surface area contributed by atoms with Gasteiger partial charge in [-0.3, -0.25) is 4.79 Å². The van der Waals surface area contributed by atoms with Crippen LogP contribution in [0.2, 0.25) is 5.02 Å². The highest BCUT2D eigenvalue weighted by molar-refractivity contribution is 6.34. The number of aromatic hydroxyl groups is 1. The van der Waals surface area contributed by atoms with Gasteiger partial charge in [-0.25, -0.2) is 0 Å². The van der Waals surface area contributed by atoms with E-state index < -0.39 is 23.3 Å². The standard InChI is InChI=1S/C14H9ClF3NO2/c15-10-6-3-5-9(14(16,17)18)12(10)19-13(21)8-4-1-2-7-11(8)20/h1-7,20H,(H,19,21). The summed E-state index contributed by atoms with van der Waals surface area (Å²) >= 11 is 5.73. The van der Waals surface area contributed by atoms with Gasteiger partial charge >= 0.3 is 6.18 Å². The van der Waals surface area contributed by atoms with Gasteiger partial charge < -0.3 is 10.4 Å². The largest absolute Gasteiger partial charge is 0.507 e. The fourth-order valence-corrected chi connectivity index (χ4v) is 1.96. The summed E-state index contributed by atoms with van der Waals surface area (Å²) in [5.74, 6) is -1.22. The average Bonchev–Trinajstić information content (AvgIpc) is 2.40. The molecule has 110 valence electrons. The summed E-state index contributed by atoms with van der Waals surface area (Å²) in [6.45, 7) is 0. The van der Waals surface area contributed by atoms with Crippen molar-refractivity contribution in [1.82, 2.24) is 0 Å². The minimum Gasteiger partial charge on any atom is -0.507 e. The molecule has 0 aliphatic heterocycles. The first kappa shape index (κ1) is 15.2. The van der Waals surface area contributed by atoms with Crippen molar-refractivity contribution in [2.75, 3.05) is 5.32 Å². The lowest BCUT2D eigenvalue weighted by Gasteiger charge is -2.15. The molecule has 0 atom stereocenters. The zero-order valence-corrected chi connectivity index (χ0v) is 11.2. The Balaban J connectivity index is 2.41. The Morgan fingerprint density at radius 2 is 1.76 bits per heavy atom. The van der Waals surface area contributed by atoms with E-state index in [4.69, 9.17) is 11.6 Å². The van der Waals surface area contributed by atoms with Gasteiger partial charge in [-0.05, 0) is 24.3 Å². The zero-order valence-electron chi connectivity index (χ0n) is 10.4. The van der Waals surface area contributed by atoms with Crippen LogP contribution in [0.3, 0.4) is 0 Å². The number of benzene rings is 2. The molecule has 0 aliphatic carbocycles. The molecule has 2 N–H and O–H groups in total. The maximum Gasteiger partial charge on any atom is 0.418 e. The summed E-state index contributed by atoms with van der Waals surface area (Å²) in [5, 5.41) is 11.4. The molecule has 2 aromatic rings. The Hall–Kier alpha value is -2.21. The van der Waals surface area contributed by atoms with Gasteiger partial charge in [-0.1, -0.05) is 29.8 Å². The van der Waals surface area contributed by atoms with E-state index in [9.17, 15) is 23.1 Å². The van der Waals surface area contributed by atoms with Gasteiger partial charge in [0.1, 0.15) is 5.75 Å². The molecular formula is C14H9ClF3NO2. The molecule has 2 aromatic carbocycles. The molecule has 3 nitrogen and oxygen atoms in total. The van der Waals surface area contributed by atoms with Crippen LogP contribution in [0.1, 0.15) is 15.9 Å². The fourth-order valence-electron chi connectivity index (χ4n) is 1.73. The third-order valence-electron chi connectivity index (χ3n) is 2.71. The van der Waals surface area contributed by atoms with E-state index in [2.05, 4.69) is 5.32 Å². The number of hydrogen-bond donors (Lipinski definition) is 2. The van der Waals surface area contributed by atoms with E-state index >= 15 is 0 Å². The van der Waals surface area contributed by atoms with Crippen molar-refractivity contribution in [3.05, 3.63) is 58.6 Å². The molecule has 0 heterocycles. The van der Waals surface area contributed by atoms with Crippen molar-refractivity contribution in [2.45, 2.75) is 6.18 Å². The molecule has 0 radical (unpaired) electrons. The van der Waals surface area contributed by atoms with Gasteiger partial charge in [-0.2, -0.15) is 13.2 Å². The number of hydrogen-bond acceptors (Lipinski definition) is 2. The summed E-state index contributed by atoms with van der Waals surface area (Å²) in [5.41, 5.74) is -1.75. The van der Waals surface area contributed by atoms with E-state index in [1.54, 1.807) is 0 Å². The van der Waals surface area contributed by atoms with E-state index in [0.29, 0.717) is 0 Å². The quantitative estimate of drug-likeness (QED) is 0.867. The minimum atomic E-state index is -4.66. The van der Waals surface area contributed by atoms with E-state index in [1.165, 1.54) is 30.3 Å². The van der Waals surface area contributed by atoms with Crippen LogP contribution in [0.15, 0.2) is 42.5 Å².